The maximum Gasteiger partial charge on any atom is 0.335 e. The number of aromatic carboxylic acids is 2. The Morgan fingerprint density at radius 2 is 1.04 bits per heavy atom. The molecule has 0 bridgehead atoms. The van der Waals surface area contributed by atoms with Crippen LogP contribution in [0.3, 0.4) is 0 Å². The fourth-order valence-electron chi connectivity index (χ4n) is 9.15. The summed E-state index contributed by atoms with van der Waals surface area (Å²) in [6.45, 7) is 5.85. The summed E-state index contributed by atoms with van der Waals surface area (Å²) in [5, 5.41) is 36.7. The Balaban J connectivity index is 0.000000198. The quantitative estimate of drug-likeness (QED) is 0.0725. The van der Waals surface area contributed by atoms with Crippen molar-refractivity contribution >= 4 is 34.0 Å². The summed E-state index contributed by atoms with van der Waals surface area (Å²) >= 11 is 0. The van der Waals surface area contributed by atoms with Gasteiger partial charge in [-0.3, -0.25) is 0 Å². The summed E-state index contributed by atoms with van der Waals surface area (Å²) in [5.74, 6) is -0.560. The van der Waals surface area contributed by atoms with Gasteiger partial charge in [-0.05, 0) is 97.3 Å². The maximum absolute atomic E-state index is 14.3. The van der Waals surface area contributed by atoms with Crippen LogP contribution < -0.4 is 9.47 Å². The molecule has 412 valence electrons. The minimum absolute atomic E-state index is 0.00813. The fraction of sp³-hybridized carbons (Fsp3) is 0.188. The number of carboxylic acids is 2. The third-order valence-electron chi connectivity index (χ3n) is 13.6. The molecule has 18 heteroatoms. The fourth-order valence-corrected chi connectivity index (χ4v) is 9.15. The molecule has 0 atom stereocenters. The van der Waals surface area contributed by atoms with Crippen molar-refractivity contribution < 1.29 is 47.5 Å². The van der Waals surface area contributed by atoms with Crippen molar-refractivity contribution in [1.29, 1.82) is 10.5 Å². The van der Waals surface area contributed by atoms with E-state index in [1.807, 2.05) is 102 Å². The third-order valence-corrected chi connectivity index (χ3v) is 13.6. The van der Waals surface area contributed by atoms with Crippen molar-refractivity contribution in [3.63, 3.8) is 0 Å². The van der Waals surface area contributed by atoms with Gasteiger partial charge in [0.25, 0.3) is 0 Å². The number of hydrogen-bond acceptors (Lipinski definition) is 12. The zero-order valence-electron chi connectivity index (χ0n) is 45.2. The summed E-state index contributed by atoms with van der Waals surface area (Å²) in [6, 6.07) is 45.7. The molecule has 4 aromatic heterocycles. The van der Waals surface area contributed by atoms with Crippen LogP contribution in [-0.2, 0) is 48.6 Å². The second kappa shape index (κ2) is 25.8. The number of aryl methyl sites for hydroxylation is 2. The van der Waals surface area contributed by atoms with Gasteiger partial charge in [-0.25, -0.2) is 38.3 Å². The van der Waals surface area contributed by atoms with Crippen LogP contribution in [0.15, 0.2) is 146 Å². The van der Waals surface area contributed by atoms with Crippen molar-refractivity contribution in [3.8, 4) is 46.4 Å². The van der Waals surface area contributed by atoms with E-state index in [4.69, 9.17) is 39.4 Å². The van der Waals surface area contributed by atoms with Crippen LogP contribution in [0.4, 0.5) is 8.78 Å². The molecule has 16 nitrogen and oxygen atoms in total. The predicted molar refractivity (Wildman–Crippen MR) is 302 cm³/mol. The van der Waals surface area contributed by atoms with E-state index in [1.165, 1.54) is 18.2 Å². The summed E-state index contributed by atoms with van der Waals surface area (Å²) in [5.41, 5.74) is 11.7. The van der Waals surface area contributed by atoms with E-state index in [0.29, 0.717) is 67.7 Å². The number of nitrogens with zero attached hydrogens (tertiary/aromatic N) is 8. The third kappa shape index (κ3) is 13.3. The number of rotatable bonds is 20. The van der Waals surface area contributed by atoms with Gasteiger partial charge in [0.1, 0.15) is 36.5 Å². The van der Waals surface area contributed by atoms with Crippen LogP contribution in [0.5, 0.6) is 11.8 Å². The molecule has 0 radical (unpaired) electrons. The van der Waals surface area contributed by atoms with Gasteiger partial charge in [-0.2, -0.15) is 10.5 Å². The van der Waals surface area contributed by atoms with Crippen molar-refractivity contribution in [2.75, 3.05) is 27.4 Å². The van der Waals surface area contributed by atoms with Gasteiger partial charge in [-0.15, -0.1) is 0 Å². The van der Waals surface area contributed by atoms with Crippen LogP contribution in [0, 0.1) is 48.1 Å². The number of benzene rings is 6. The zero-order chi connectivity index (χ0) is 57.9. The number of carbonyl (C=O) groups is 2. The lowest BCUT2D eigenvalue weighted by Gasteiger charge is -2.12. The van der Waals surface area contributed by atoms with E-state index in [2.05, 4.69) is 9.97 Å². The van der Waals surface area contributed by atoms with Gasteiger partial charge in [-0.1, -0.05) is 72.8 Å². The molecule has 0 aliphatic carbocycles. The van der Waals surface area contributed by atoms with Gasteiger partial charge in [0.15, 0.2) is 0 Å². The lowest BCUT2D eigenvalue weighted by Crippen LogP contribution is -2.09. The number of fused-ring (bicyclic) bond motifs is 2. The van der Waals surface area contributed by atoms with E-state index < -0.39 is 23.6 Å². The summed E-state index contributed by atoms with van der Waals surface area (Å²) in [7, 11) is 3.25. The van der Waals surface area contributed by atoms with Crippen molar-refractivity contribution in [1.82, 2.24) is 29.1 Å². The smallest absolute Gasteiger partial charge is 0.335 e. The number of ether oxygens (including phenoxy) is 4. The lowest BCUT2D eigenvalue weighted by atomic mass is 10.0. The Morgan fingerprint density at radius 1 is 0.549 bits per heavy atom. The molecule has 0 fully saturated rings. The first-order chi connectivity index (χ1) is 39.7. The van der Waals surface area contributed by atoms with Crippen LogP contribution in [0.1, 0.15) is 76.9 Å². The number of halogens is 2. The molecule has 0 aliphatic rings. The summed E-state index contributed by atoms with van der Waals surface area (Å²) in [6.07, 6.45) is 1.10. The molecule has 0 spiro atoms. The molecular weight excluding hydrogens is 1050 g/mol. The van der Waals surface area contributed by atoms with Gasteiger partial charge in [0.05, 0.1) is 81.1 Å². The van der Waals surface area contributed by atoms with Gasteiger partial charge in [0, 0.05) is 74.0 Å². The SMILES string of the molecule is COCCn1c(Cc2ccc(-c3ccc(C)c(OCc4ccc(C#N)cc4F)n3)cc2)nc2ccc(C(=O)O)cc21.COCCn1c(Cc2ccc(-c3nc(OCc4ccc(C#N)cc4F)ccc3C)cc2)nc2ccc(C(=O)O)cc21. The molecule has 4 heterocycles. The van der Waals surface area contributed by atoms with Crippen molar-refractivity contribution in [3.05, 3.63) is 225 Å². The normalized spacial score (nSPS) is 11.0. The first-order valence-electron chi connectivity index (χ1n) is 25.9. The molecular formula is C64H54F2N8O8. The molecule has 2 N–H and O–H groups in total. The topological polar surface area (TPSA) is 221 Å². The number of carboxylic acid groups (broad SMARTS) is 2. The van der Waals surface area contributed by atoms with E-state index in [-0.39, 0.29) is 35.5 Å². The Kier molecular flexibility index (Phi) is 17.8. The molecule has 0 saturated carbocycles. The Morgan fingerprint density at radius 3 is 1.51 bits per heavy atom. The molecule has 0 unspecified atom stereocenters. The average molecular weight is 1100 g/mol. The Labute approximate surface area is 470 Å². The standard InChI is InChI=1S/2C32H27FN4O4/c1-20-3-12-30(41-19-25-9-6-22(18-34)15-26(25)33)36-31(20)23-7-4-21(5-8-23)16-29-35-27-11-10-24(32(38)39)17-28(27)37(29)13-14-40-2;1-20-3-11-27(36-31(20)41-19-25-9-6-22(18-34)15-26(25)33)23-7-4-21(5-8-23)16-30-35-28-12-10-24(32(38)39)17-29(28)37(30)13-14-40-2/h2*3-12,15,17H,13-14,16,19H2,1-2H3,(H,38,39). The highest BCUT2D eigenvalue weighted by molar-refractivity contribution is 5.93. The highest BCUT2D eigenvalue weighted by Crippen LogP contribution is 2.29. The first kappa shape index (κ1) is 56.6. The molecule has 0 saturated heterocycles. The van der Waals surface area contributed by atoms with Crippen LogP contribution in [0.25, 0.3) is 44.6 Å². The van der Waals surface area contributed by atoms with Crippen LogP contribution >= 0.6 is 0 Å². The summed E-state index contributed by atoms with van der Waals surface area (Å²) in [4.78, 5) is 41.9. The molecule has 0 aliphatic heterocycles. The zero-order valence-corrected chi connectivity index (χ0v) is 45.2. The van der Waals surface area contributed by atoms with Gasteiger partial charge in [0.2, 0.25) is 11.8 Å². The maximum atomic E-state index is 14.3. The minimum Gasteiger partial charge on any atom is -0.478 e. The highest BCUT2D eigenvalue weighted by atomic mass is 19.1. The first-order valence-corrected chi connectivity index (χ1v) is 25.9. The number of methoxy groups -OCH3 is 2. The number of imidazole rings is 2. The van der Waals surface area contributed by atoms with Gasteiger partial charge >= 0.3 is 11.9 Å². The molecule has 82 heavy (non-hydrogen) atoms. The number of pyridine rings is 2. The van der Waals surface area contributed by atoms with Crippen LogP contribution in [-0.4, -0.2) is 78.7 Å². The highest BCUT2D eigenvalue weighted by Gasteiger charge is 2.18. The van der Waals surface area contributed by atoms with Crippen molar-refractivity contribution in [2.45, 2.75) is 53.0 Å². The molecule has 0 amide bonds. The lowest BCUT2D eigenvalue weighted by molar-refractivity contribution is 0.0686. The van der Waals surface area contributed by atoms with Crippen molar-refractivity contribution in [2.24, 2.45) is 0 Å². The molecule has 6 aromatic carbocycles. The Hall–Kier alpha value is -10.1. The molecule has 10 aromatic rings. The largest absolute Gasteiger partial charge is 0.478 e. The second-order valence-electron chi connectivity index (χ2n) is 19.2. The second-order valence-corrected chi connectivity index (χ2v) is 19.2. The van der Waals surface area contributed by atoms with E-state index >= 15 is 0 Å². The average Bonchev–Trinajstić information content (AvgIpc) is 4.09. The number of nitriles is 2. The minimum atomic E-state index is -0.983. The van der Waals surface area contributed by atoms with E-state index in [9.17, 15) is 28.6 Å². The predicted octanol–water partition coefficient (Wildman–Crippen LogP) is 11.9. The molecule has 10 rings (SSSR count). The Bertz CT molecular complexity index is 4070. The van der Waals surface area contributed by atoms with Gasteiger partial charge < -0.3 is 38.3 Å². The summed E-state index contributed by atoms with van der Waals surface area (Å²) < 4.78 is 54.7. The van der Waals surface area contributed by atoms with Crippen LogP contribution in [0.2, 0.25) is 0 Å². The van der Waals surface area contributed by atoms with E-state index in [0.717, 1.165) is 72.8 Å². The number of aromatic nitrogens is 6. The monoisotopic (exact) mass is 1100 g/mol. The number of hydrogen-bond donors (Lipinski definition) is 2. The van der Waals surface area contributed by atoms with E-state index in [1.54, 1.807) is 74.9 Å².